The van der Waals surface area contributed by atoms with E-state index < -0.39 is 0 Å². The van der Waals surface area contributed by atoms with Crippen LogP contribution in [0.15, 0.2) is 18.2 Å². The molecule has 0 atom stereocenters. The molecule has 2 aromatic rings. The van der Waals surface area contributed by atoms with Gasteiger partial charge in [0.2, 0.25) is 5.95 Å². The molecule has 3 N–H and O–H groups in total. The molecule has 0 fully saturated rings. The van der Waals surface area contributed by atoms with Gasteiger partial charge in [-0.2, -0.15) is 4.98 Å². The van der Waals surface area contributed by atoms with Crippen molar-refractivity contribution in [1.82, 2.24) is 14.9 Å². The Labute approximate surface area is 158 Å². The Kier molecular flexibility index (Phi) is 5.99. The number of nitrogens with one attached hydrogen (secondary N) is 1. The van der Waals surface area contributed by atoms with Crippen molar-refractivity contribution < 1.29 is 0 Å². The zero-order valence-corrected chi connectivity index (χ0v) is 15.9. The second kappa shape index (κ2) is 8.21. The van der Waals surface area contributed by atoms with Crippen molar-refractivity contribution in [2.24, 2.45) is 0 Å². The predicted molar refractivity (Wildman–Crippen MR) is 104 cm³/mol. The van der Waals surface area contributed by atoms with Crippen LogP contribution in [0.4, 0.5) is 11.8 Å². The van der Waals surface area contributed by atoms with Gasteiger partial charge in [0, 0.05) is 38.2 Å². The van der Waals surface area contributed by atoms with Gasteiger partial charge in [-0.25, -0.2) is 4.98 Å². The normalized spacial score (nSPS) is 14.4. The van der Waals surface area contributed by atoms with Gasteiger partial charge in [-0.1, -0.05) is 48.7 Å². The fourth-order valence-corrected chi connectivity index (χ4v) is 3.45. The second-order valence-electron chi connectivity index (χ2n) is 6.31. The fourth-order valence-electron chi connectivity index (χ4n) is 3.07. The van der Waals surface area contributed by atoms with E-state index in [0.29, 0.717) is 16.0 Å². The van der Waals surface area contributed by atoms with Gasteiger partial charge in [0.15, 0.2) is 0 Å². The van der Waals surface area contributed by atoms with Gasteiger partial charge >= 0.3 is 0 Å². The molecule has 5 nitrogen and oxygen atoms in total. The highest BCUT2D eigenvalue weighted by atomic mass is 35.5. The lowest BCUT2D eigenvalue weighted by molar-refractivity contribution is 0.243. The number of nitrogens with zero attached hydrogens (tertiary/aromatic N) is 3. The first-order chi connectivity index (χ1) is 12.1. The number of fused-ring (bicyclic) bond motifs is 1. The minimum Gasteiger partial charge on any atom is -0.370 e. The van der Waals surface area contributed by atoms with Crippen LogP contribution in [0.5, 0.6) is 0 Å². The molecule has 134 valence electrons. The van der Waals surface area contributed by atoms with Crippen molar-refractivity contribution in [2.75, 3.05) is 24.1 Å². The summed E-state index contributed by atoms with van der Waals surface area (Å²) in [5.41, 5.74) is 9.09. The molecule has 1 aliphatic heterocycles. The molecule has 1 aromatic carbocycles. The number of nitrogen functional groups attached to an aromatic ring is 1. The molecule has 3 rings (SSSR count). The van der Waals surface area contributed by atoms with Crippen LogP contribution in [0.25, 0.3) is 0 Å². The molecule has 0 spiro atoms. The minimum atomic E-state index is 0.337. The van der Waals surface area contributed by atoms with E-state index in [9.17, 15) is 0 Å². The van der Waals surface area contributed by atoms with Crippen LogP contribution < -0.4 is 11.1 Å². The Morgan fingerprint density at radius 3 is 2.92 bits per heavy atom. The van der Waals surface area contributed by atoms with E-state index in [1.807, 2.05) is 18.2 Å². The van der Waals surface area contributed by atoms with Crippen molar-refractivity contribution in [3.63, 3.8) is 0 Å². The Balaban J connectivity index is 1.78. The number of nitrogens with two attached hydrogens (primary N) is 1. The summed E-state index contributed by atoms with van der Waals surface area (Å²) in [5.74, 6) is 1.20. The SMILES string of the molecule is CCCCNc1nc(N)nc2c1CN(Cc1cccc(Cl)c1Cl)CC2. The summed E-state index contributed by atoms with van der Waals surface area (Å²) in [6.07, 6.45) is 3.08. The highest BCUT2D eigenvalue weighted by Crippen LogP contribution is 2.29. The number of unbranched alkanes of at least 4 members (excludes halogenated alkanes) is 1. The largest absolute Gasteiger partial charge is 0.370 e. The lowest BCUT2D eigenvalue weighted by Gasteiger charge is -2.29. The van der Waals surface area contributed by atoms with Crippen LogP contribution in [0.3, 0.4) is 0 Å². The van der Waals surface area contributed by atoms with E-state index in [-0.39, 0.29) is 0 Å². The quantitative estimate of drug-likeness (QED) is 0.738. The van der Waals surface area contributed by atoms with E-state index in [1.54, 1.807) is 0 Å². The number of hydrogen-bond acceptors (Lipinski definition) is 5. The zero-order valence-electron chi connectivity index (χ0n) is 14.4. The number of anilines is 2. The summed E-state index contributed by atoms with van der Waals surface area (Å²) in [6.45, 7) is 5.48. The topological polar surface area (TPSA) is 67.1 Å². The summed E-state index contributed by atoms with van der Waals surface area (Å²) in [4.78, 5) is 11.2. The first kappa shape index (κ1) is 18.2. The first-order valence-corrected chi connectivity index (χ1v) is 9.38. The summed E-state index contributed by atoms with van der Waals surface area (Å²) < 4.78 is 0. The molecule has 0 amide bonds. The van der Waals surface area contributed by atoms with Crippen LogP contribution in [0, 0.1) is 0 Å². The Hall–Kier alpha value is -1.56. The number of rotatable bonds is 6. The minimum absolute atomic E-state index is 0.337. The van der Waals surface area contributed by atoms with Crippen LogP contribution in [0.1, 0.15) is 36.6 Å². The first-order valence-electron chi connectivity index (χ1n) is 8.63. The summed E-state index contributed by atoms with van der Waals surface area (Å²) in [5, 5.41) is 4.64. The molecular formula is C18H23Cl2N5. The molecule has 0 saturated carbocycles. The Bertz CT molecular complexity index is 750. The van der Waals surface area contributed by atoms with Crippen molar-refractivity contribution in [1.29, 1.82) is 0 Å². The van der Waals surface area contributed by atoms with Crippen molar-refractivity contribution in [3.05, 3.63) is 45.1 Å². The molecule has 2 heterocycles. The third-order valence-corrected chi connectivity index (χ3v) is 5.26. The molecule has 0 bridgehead atoms. The van der Waals surface area contributed by atoms with Crippen LogP contribution >= 0.6 is 23.2 Å². The number of benzene rings is 1. The van der Waals surface area contributed by atoms with Crippen molar-refractivity contribution in [3.8, 4) is 0 Å². The molecule has 7 heteroatoms. The number of aromatic nitrogens is 2. The molecule has 0 aliphatic carbocycles. The summed E-state index contributed by atoms with van der Waals surface area (Å²) in [7, 11) is 0. The lowest BCUT2D eigenvalue weighted by Crippen LogP contribution is -2.32. The molecule has 25 heavy (non-hydrogen) atoms. The molecular weight excluding hydrogens is 357 g/mol. The Morgan fingerprint density at radius 2 is 2.12 bits per heavy atom. The maximum atomic E-state index is 6.34. The maximum Gasteiger partial charge on any atom is 0.222 e. The van der Waals surface area contributed by atoms with Gasteiger partial charge in [-0.05, 0) is 18.1 Å². The average Bonchev–Trinajstić information content (AvgIpc) is 2.59. The molecule has 0 saturated heterocycles. The average molecular weight is 380 g/mol. The Morgan fingerprint density at radius 1 is 1.28 bits per heavy atom. The van der Waals surface area contributed by atoms with E-state index in [2.05, 4.69) is 27.1 Å². The van der Waals surface area contributed by atoms with Gasteiger partial charge in [0.1, 0.15) is 5.82 Å². The second-order valence-corrected chi connectivity index (χ2v) is 7.09. The highest BCUT2D eigenvalue weighted by molar-refractivity contribution is 6.42. The monoisotopic (exact) mass is 379 g/mol. The molecule has 0 unspecified atom stereocenters. The smallest absolute Gasteiger partial charge is 0.222 e. The standard InChI is InChI=1S/C18H23Cl2N5/c1-2-3-8-22-17-13-11-25(9-7-15(13)23-18(21)24-17)10-12-5-4-6-14(19)16(12)20/h4-6H,2-3,7-11H2,1H3,(H3,21,22,23,24). The van der Waals surface area contributed by atoms with Crippen molar-refractivity contribution >= 4 is 35.0 Å². The molecule has 1 aromatic heterocycles. The van der Waals surface area contributed by atoms with E-state index in [1.165, 1.54) is 0 Å². The van der Waals surface area contributed by atoms with Gasteiger partial charge in [0.05, 0.1) is 15.7 Å². The molecule has 1 aliphatic rings. The van der Waals surface area contributed by atoms with Gasteiger partial charge in [-0.15, -0.1) is 0 Å². The molecule has 0 radical (unpaired) electrons. The zero-order chi connectivity index (χ0) is 17.8. The van der Waals surface area contributed by atoms with Crippen LogP contribution in [-0.4, -0.2) is 28.0 Å². The number of hydrogen-bond donors (Lipinski definition) is 2. The summed E-state index contributed by atoms with van der Waals surface area (Å²) in [6, 6.07) is 5.76. The number of halogens is 2. The van der Waals surface area contributed by atoms with E-state index in [4.69, 9.17) is 28.9 Å². The van der Waals surface area contributed by atoms with Gasteiger partial charge in [-0.3, -0.25) is 4.90 Å². The van der Waals surface area contributed by atoms with E-state index >= 15 is 0 Å². The van der Waals surface area contributed by atoms with Crippen LogP contribution in [0.2, 0.25) is 10.0 Å². The van der Waals surface area contributed by atoms with E-state index in [0.717, 1.165) is 68.1 Å². The third kappa shape index (κ3) is 4.35. The lowest BCUT2D eigenvalue weighted by atomic mass is 10.0. The fraction of sp³-hybridized carbons (Fsp3) is 0.444. The third-order valence-electron chi connectivity index (χ3n) is 4.40. The predicted octanol–water partition coefficient (Wildman–Crippen LogP) is 4.14. The highest BCUT2D eigenvalue weighted by Gasteiger charge is 2.23. The van der Waals surface area contributed by atoms with Gasteiger partial charge in [0.25, 0.3) is 0 Å². The van der Waals surface area contributed by atoms with Crippen molar-refractivity contribution in [2.45, 2.75) is 39.3 Å². The van der Waals surface area contributed by atoms with Gasteiger partial charge < -0.3 is 11.1 Å². The van der Waals surface area contributed by atoms with Crippen LogP contribution in [-0.2, 0) is 19.5 Å². The summed E-state index contributed by atoms with van der Waals surface area (Å²) >= 11 is 12.5. The maximum absolute atomic E-state index is 6.34.